The van der Waals surface area contributed by atoms with Crippen molar-refractivity contribution in [2.75, 3.05) is 13.1 Å². The van der Waals surface area contributed by atoms with Gasteiger partial charge in [-0.05, 0) is 33.7 Å². The van der Waals surface area contributed by atoms with Gasteiger partial charge in [0.25, 0.3) is 0 Å². The van der Waals surface area contributed by atoms with E-state index in [0.717, 1.165) is 19.5 Å². The van der Waals surface area contributed by atoms with Gasteiger partial charge in [0.1, 0.15) is 0 Å². The minimum atomic E-state index is -0.176. The molecule has 1 rings (SSSR count). The molecule has 1 fully saturated rings. The highest BCUT2D eigenvalue weighted by Gasteiger charge is 2.36. The lowest BCUT2D eigenvalue weighted by Gasteiger charge is -2.22. The number of carbonyl (C=O) groups is 1. The van der Waals surface area contributed by atoms with Crippen molar-refractivity contribution in [2.45, 2.75) is 33.2 Å². The van der Waals surface area contributed by atoms with Crippen LogP contribution in [0.5, 0.6) is 0 Å². The molecule has 1 saturated heterocycles. The maximum Gasteiger partial charge on any atom is 0.227 e. The summed E-state index contributed by atoms with van der Waals surface area (Å²) in [5, 5.41) is 6.15. The van der Waals surface area contributed by atoms with Gasteiger partial charge < -0.3 is 10.6 Å². The van der Waals surface area contributed by atoms with Crippen molar-refractivity contribution < 1.29 is 4.79 Å². The van der Waals surface area contributed by atoms with E-state index in [-0.39, 0.29) is 17.4 Å². The van der Waals surface area contributed by atoms with Crippen molar-refractivity contribution in [3.8, 4) is 0 Å². The number of rotatable bonds is 2. The summed E-state index contributed by atoms with van der Waals surface area (Å²) in [7, 11) is 0. The van der Waals surface area contributed by atoms with Crippen LogP contribution in [-0.2, 0) is 4.79 Å². The van der Waals surface area contributed by atoms with E-state index in [1.54, 1.807) is 0 Å². The highest BCUT2D eigenvalue weighted by atomic mass is 16.2. The van der Waals surface area contributed by atoms with E-state index >= 15 is 0 Å². The average Bonchev–Trinajstić information content (AvgIpc) is 2.36. The van der Waals surface area contributed by atoms with E-state index in [1.807, 2.05) is 20.8 Å². The molecule has 3 nitrogen and oxygen atoms in total. The summed E-state index contributed by atoms with van der Waals surface area (Å²) in [5.41, 5.74) is -0.176. The van der Waals surface area contributed by atoms with Gasteiger partial charge in [0.05, 0.1) is 5.41 Å². The zero-order chi connectivity index (χ0) is 9.19. The fraction of sp³-hybridized carbons (Fsp3) is 0.889. The van der Waals surface area contributed by atoms with E-state index in [9.17, 15) is 4.79 Å². The number of hydrogen-bond donors (Lipinski definition) is 2. The summed E-state index contributed by atoms with van der Waals surface area (Å²) < 4.78 is 0. The van der Waals surface area contributed by atoms with Crippen LogP contribution in [-0.4, -0.2) is 25.0 Å². The molecule has 1 aliphatic rings. The van der Waals surface area contributed by atoms with Gasteiger partial charge in [0, 0.05) is 12.6 Å². The Morgan fingerprint density at radius 1 is 1.58 bits per heavy atom. The molecule has 2 N–H and O–H groups in total. The smallest absolute Gasteiger partial charge is 0.227 e. The number of carbonyl (C=O) groups excluding carboxylic acids is 1. The Hall–Kier alpha value is -0.570. The van der Waals surface area contributed by atoms with E-state index in [1.165, 1.54) is 0 Å². The molecule has 0 aromatic rings. The van der Waals surface area contributed by atoms with Crippen LogP contribution in [0.25, 0.3) is 0 Å². The standard InChI is InChI=1S/C9H18N2O/c1-7(2)11-8(12)9(3)4-5-10-6-9/h7,10H,4-6H2,1-3H3,(H,11,12). The monoisotopic (exact) mass is 170 g/mol. The van der Waals surface area contributed by atoms with Gasteiger partial charge >= 0.3 is 0 Å². The fourth-order valence-corrected chi connectivity index (χ4v) is 1.45. The van der Waals surface area contributed by atoms with E-state index in [4.69, 9.17) is 0 Å². The molecule has 0 aromatic heterocycles. The summed E-state index contributed by atoms with van der Waals surface area (Å²) in [6.45, 7) is 7.77. The van der Waals surface area contributed by atoms with E-state index < -0.39 is 0 Å². The van der Waals surface area contributed by atoms with Crippen molar-refractivity contribution in [1.29, 1.82) is 0 Å². The second-order valence-electron chi connectivity index (χ2n) is 4.12. The fourth-order valence-electron chi connectivity index (χ4n) is 1.45. The summed E-state index contributed by atoms with van der Waals surface area (Å²) >= 11 is 0. The van der Waals surface area contributed by atoms with Crippen LogP contribution in [0.4, 0.5) is 0 Å². The van der Waals surface area contributed by atoms with Gasteiger partial charge in [-0.3, -0.25) is 4.79 Å². The van der Waals surface area contributed by atoms with Gasteiger partial charge in [-0.15, -0.1) is 0 Å². The van der Waals surface area contributed by atoms with Crippen molar-refractivity contribution in [3.05, 3.63) is 0 Å². The van der Waals surface area contributed by atoms with Gasteiger partial charge in [0.2, 0.25) is 5.91 Å². The molecule has 1 heterocycles. The van der Waals surface area contributed by atoms with Crippen LogP contribution >= 0.6 is 0 Å². The molecule has 0 bridgehead atoms. The first kappa shape index (κ1) is 9.52. The Kier molecular flexibility index (Phi) is 2.73. The second-order valence-corrected chi connectivity index (χ2v) is 4.12. The lowest BCUT2D eigenvalue weighted by Crippen LogP contribution is -2.43. The third-order valence-corrected chi connectivity index (χ3v) is 2.34. The van der Waals surface area contributed by atoms with Gasteiger partial charge in [0.15, 0.2) is 0 Å². The Bertz CT molecular complexity index is 171. The minimum Gasteiger partial charge on any atom is -0.353 e. The largest absolute Gasteiger partial charge is 0.353 e. The molecular formula is C9H18N2O. The van der Waals surface area contributed by atoms with Crippen LogP contribution in [0, 0.1) is 5.41 Å². The molecule has 1 unspecified atom stereocenters. The number of hydrogen-bond acceptors (Lipinski definition) is 2. The number of amides is 1. The summed E-state index contributed by atoms with van der Waals surface area (Å²) in [5.74, 6) is 0.183. The van der Waals surface area contributed by atoms with Crippen molar-refractivity contribution >= 4 is 5.91 Å². The normalized spacial score (nSPS) is 29.3. The minimum absolute atomic E-state index is 0.176. The topological polar surface area (TPSA) is 41.1 Å². The van der Waals surface area contributed by atoms with E-state index in [2.05, 4.69) is 10.6 Å². The molecule has 0 aliphatic carbocycles. The van der Waals surface area contributed by atoms with E-state index in [0.29, 0.717) is 0 Å². The molecule has 70 valence electrons. The van der Waals surface area contributed by atoms with Gasteiger partial charge in [-0.1, -0.05) is 0 Å². The highest BCUT2D eigenvalue weighted by molar-refractivity contribution is 5.83. The quantitative estimate of drug-likeness (QED) is 0.634. The molecule has 0 radical (unpaired) electrons. The molecular weight excluding hydrogens is 152 g/mol. The first-order chi connectivity index (χ1) is 5.54. The predicted octanol–water partition coefficient (Wildman–Crippen LogP) is 0.511. The van der Waals surface area contributed by atoms with Crippen LogP contribution in [0.15, 0.2) is 0 Å². The molecule has 12 heavy (non-hydrogen) atoms. The summed E-state index contributed by atoms with van der Waals surface area (Å²) in [6.07, 6.45) is 0.950. The molecule has 3 heteroatoms. The molecule has 0 saturated carbocycles. The maximum absolute atomic E-state index is 11.6. The van der Waals surface area contributed by atoms with Crippen molar-refractivity contribution in [2.24, 2.45) is 5.41 Å². The van der Waals surface area contributed by atoms with Crippen LogP contribution in [0.1, 0.15) is 27.2 Å². The Balaban J connectivity index is 2.50. The SMILES string of the molecule is CC(C)NC(=O)C1(C)CCNC1. The predicted molar refractivity (Wildman–Crippen MR) is 48.9 cm³/mol. The van der Waals surface area contributed by atoms with Crippen molar-refractivity contribution in [3.63, 3.8) is 0 Å². The highest BCUT2D eigenvalue weighted by Crippen LogP contribution is 2.24. The van der Waals surface area contributed by atoms with Crippen LogP contribution in [0.2, 0.25) is 0 Å². The molecule has 1 atom stereocenters. The summed E-state index contributed by atoms with van der Waals surface area (Å²) in [4.78, 5) is 11.6. The average molecular weight is 170 g/mol. The molecule has 1 amide bonds. The third-order valence-electron chi connectivity index (χ3n) is 2.34. The van der Waals surface area contributed by atoms with Crippen LogP contribution in [0.3, 0.4) is 0 Å². The zero-order valence-electron chi connectivity index (χ0n) is 8.11. The van der Waals surface area contributed by atoms with Gasteiger partial charge in [-0.25, -0.2) is 0 Å². The van der Waals surface area contributed by atoms with Gasteiger partial charge in [-0.2, -0.15) is 0 Å². The first-order valence-electron chi connectivity index (χ1n) is 4.56. The molecule has 0 aromatic carbocycles. The lowest BCUT2D eigenvalue weighted by atomic mass is 9.88. The first-order valence-corrected chi connectivity index (χ1v) is 4.56. The zero-order valence-corrected chi connectivity index (χ0v) is 8.11. The third kappa shape index (κ3) is 1.97. The Labute approximate surface area is 73.9 Å². The lowest BCUT2D eigenvalue weighted by molar-refractivity contribution is -0.129. The second kappa shape index (κ2) is 3.44. The maximum atomic E-state index is 11.6. The number of nitrogens with one attached hydrogen (secondary N) is 2. The Morgan fingerprint density at radius 3 is 2.67 bits per heavy atom. The molecule has 0 spiro atoms. The van der Waals surface area contributed by atoms with Crippen LogP contribution < -0.4 is 10.6 Å². The van der Waals surface area contributed by atoms with Crippen molar-refractivity contribution in [1.82, 2.24) is 10.6 Å². The Morgan fingerprint density at radius 2 is 2.25 bits per heavy atom. The molecule has 1 aliphatic heterocycles. The summed E-state index contributed by atoms with van der Waals surface area (Å²) in [6, 6.07) is 0.245.